The Kier molecular flexibility index (Phi) is 4.80. The van der Waals surface area contributed by atoms with Gasteiger partial charge in [0.1, 0.15) is 0 Å². The highest BCUT2D eigenvalue weighted by Crippen LogP contribution is 2.30. The Bertz CT molecular complexity index is 342. The third-order valence-corrected chi connectivity index (χ3v) is 2.65. The van der Waals surface area contributed by atoms with Crippen LogP contribution in [0.2, 0.25) is 0 Å². The van der Waals surface area contributed by atoms with Gasteiger partial charge in [0, 0.05) is 31.8 Å². The van der Waals surface area contributed by atoms with E-state index in [0.29, 0.717) is 5.57 Å². The number of carbonyl (C=O) groups excluding carboxylic acids is 2. The number of esters is 1. The molecule has 0 heterocycles. The molecule has 96 valence electrons. The predicted molar refractivity (Wildman–Crippen MR) is 57.1 cm³/mol. The zero-order chi connectivity index (χ0) is 13.0. The summed E-state index contributed by atoms with van der Waals surface area (Å²) < 4.78 is 14.5. The van der Waals surface area contributed by atoms with E-state index in [-0.39, 0.29) is 24.2 Å². The smallest absolute Gasteiger partial charge is 0.310 e. The van der Waals surface area contributed by atoms with E-state index in [1.165, 1.54) is 21.3 Å². The van der Waals surface area contributed by atoms with E-state index in [1.54, 1.807) is 0 Å². The number of rotatable bonds is 5. The maximum atomic E-state index is 11.6. The van der Waals surface area contributed by atoms with E-state index in [1.807, 2.05) is 0 Å². The number of hydrogen-bond donors (Lipinski definition) is 1. The number of carbonyl (C=O) groups is 2. The molecule has 1 aliphatic rings. The van der Waals surface area contributed by atoms with E-state index in [2.05, 4.69) is 4.74 Å². The largest absolute Gasteiger partial charge is 0.469 e. The minimum absolute atomic E-state index is 0.0507. The average molecular weight is 244 g/mol. The lowest BCUT2D eigenvalue weighted by atomic mass is 10.1. The van der Waals surface area contributed by atoms with Gasteiger partial charge in [-0.15, -0.1) is 0 Å². The molecule has 0 bridgehead atoms. The van der Waals surface area contributed by atoms with Crippen LogP contribution in [-0.2, 0) is 23.8 Å². The van der Waals surface area contributed by atoms with Gasteiger partial charge in [-0.2, -0.15) is 0 Å². The minimum Gasteiger partial charge on any atom is -0.469 e. The van der Waals surface area contributed by atoms with Gasteiger partial charge in [-0.1, -0.05) is 0 Å². The van der Waals surface area contributed by atoms with Gasteiger partial charge in [-0.05, 0) is 0 Å². The van der Waals surface area contributed by atoms with Crippen LogP contribution < -0.4 is 0 Å². The molecule has 0 aliphatic heterocycles. The van der Waals surface area contributed by atoms with Gasteiger partial charge < -0.3 is 19.3 Å². The monoisotopic (exact) mass is 244 g/mol. The van der Waals surface area contributed by atoms with Gasteiger partial charge in [0.2, 0.25) is 0 Å². The first-order chi connectivity index (χ1) is 8.04. The predicted octanol–water partition coefficient (Wildman–Crippen LogP) is -0.201. The molecule has 1 rings (SSSR count). The Hall–Kier alpha value is -1.24. The van der Waals surface area contributed by atoms with Crippen molar-refractivity contribution < 1.29 is 28.9 Å². The number of methoxy groups -OCH3 is 3. The van der Waals surface area contributed by atoms with E-state index in [4.69, 9.17) is 9.47 Å². The Morgan fingerprint density at radius 2 is 2.00 bits per heavy atom. The second-order valence-electron chi connectivity index (χ2n) is 3.63. The van der Waals surface area contributed by atoms with Crippen molar-refractivity contribution in [2.75, 3.05) is 21.3 Å². The summed E-state index contributed by atoms with van der Waals surface area (Å²) in [4.78, 5) is 22.8. The Morgan fingerprint density at radius 3 is 2.47 bits per heavy atom. The number of Topliss-reactive ketones (excluding diaryl/α,β-unsaturated/α-hetero) is 1. The van der Waals surface area contributed by atoms with E-state index in [0.717, 1.165) is 0 Å². The molecule has 0 aromatic rings. The molecule has 0 amide bonds. The molecule has 0 saturated heterocycles. The van der Waals surface area contributed by atoms with Crippen molar-refractivity contribution in [1.82, 2.24) is 0 Å². The van der Waals surface area contributed by atoms with Crippen LogP contribution in [0.25, 0.3) is 0 Å². The van der Waals surface area contributed by atoms with Crippen molar-refractivity contribution in [3.05, 3.63) is 11.1 Å². The summed E-state index contributed by atoms with van der Waals surface area (Å²) in [5, 5.41) is 9.76. The zero-order valence-electron chi connectivity index (χ0n) is 10.1. The van der Waals surface area contributed by atoms with Crippen LogP contribution in [0.4, 0.5) is 0 Å². The molecule has 0 aromatic heterocycles. The fourth-order valence-corrected chi connectivity index (χ4v) is 1.84. The van der Waals surface area contributed by atoms with Gasteiger partial charge in [-0.25, -0.2) is 0 Å². The molecular weight excluding hydrogens is 228 g/mol. The van der Waals surface area contributed by atoms with Gasteiger partial charge >= 0.3 is 5.97 Å². The Labute approximate surface area is 99.2 Å². The third-order valence-electron chi connectivity index (χ3n) is 2.65. The van der Waals surface area contributed by atoms with Gasteiger partial charge in [0.05, 0.1) is 19.6 Å². The molecule has 17 heavy (non-hydrogen) atoms. The van der Waals surface area contributed by atoms with Gasteiger partial charge in [0.15, 0.2) is 12.1 Å². The van der Waals surface area contributed by atoms with E-state index >= 15 is 0 Å². The quantitative estimate of drug-likeness (QED) is 0.532. The molecule has 0 saturated carbocycles. The molecule has 1 aliphatic carbocycles. The summed E-state index contributed by atoms with van der Waals surface area (Å²) >= 11 is 0. The average Bonchev–Trinajstić information content (AvgIpc) is 2.57. The number of aliphatic hydroxyl groups excluding tert-OH is 1. The van der Waals surface area contributed by atoms with Crippen LogP contribution in [-0.4, -0.2) is 50.6 Å². The van der Waals surface area contributed by atoms with Crippen LogP contribution in [0.1, 0.15) is 12.8 Å². The fourth-order valence-electron chi connectivity index (χ4n) is 1.84. The highest BCUT2D eigenvalue weighted by atomic mass is 16.7. The molecule has 0 spiro atoms. The minimum atomic E-state index is -0.966. The van der Waals surface area contributed by atoms with Crippen molar-refractivity contribution in [3.63, 3.8) is 0 Å². The number of ketones is 1. The van der Waals surface area contributed by atoms with Gasteiger partial charge in [0.25, 0.3) is 0 Å². The van der Waals surface area contributed by atoms with Crippen LogP contribution in [0.5, 0.6) is 0 Å². The van der Waals surface area contributed by atoms with Crippen molar-refractivity contribution >= 4 is 11.8 Å². The van der Waals surface area contributed by atoms with E-state index < -0.39 is 18.4 Å². The first-order valence-electron chi connectivity index (χ1n) is 5.11. The first-order valence-corrected chi connectivity index (χ1v) is 5.11. The molecule has 0 aromatic carbocycles. The summed E-state index contributed by atoms with van der Waals surface area (Å²) in [5.74, 6) is -0.817. The first kappa shape index (κ1) is 13.8. The van der Waals surface area contributed by atoms with Crippen LogP contribution in [0.15, 0.2) is 11.1 Å². The molecule has 1 atom stereocenters. The lowest BCUT2D eigenvalue weighted by Gasteiger charge is -2.18. The molecule has 6 heteroatoms. The maximum absolute atomic E-state index is 11.6. The normalized spacial score (nSPS) is 20.3. The maximum Gasteiger partial charge on any atom is 0.310 e. The fraction of sp³-hybridized carbons (Fsp3) is 0.636. The van der Waals surface area contributed by atoms with Crippen molar-refractivity contribution in [2.24, 2.45) is 0 Å². The van der Waals surface area contributed by atoms with Crippen LogP contribution in [0.3, 0.4) is 0 Å². The number of aliphatic hydroxyl groups is 1. The summed E-state index contributed by atoms with van der Waals surface area (Å²) in [5.41, 5.74) is 0.531. The summed E-state index contributed by atoms with van der Waals surface area (Å²) in [6, 6.07) is 0. The molecule has 1 N–H and O–H groups in total. The summed E-state index contributed by atoms with van der Waals surface area (Å²) in [6.45, 7) is 0. The second-order valence-corrected chi connectivity index (χ2v) is 3.63. The van der Waals surface area contributed by atoms with Crippen molar-refractivity contribution in [2.45, 2.75) is 25.2 Å². The lowest BCUT2D eigenvalue weighted by molar-refractivity contribution is -0.140. The topological polar surface area (TPSA) is 82.1 Å². The Morgan fingerprint density at radius 1 is 1.41 bits per heavy atom. The summed E-state index contributed by atoms with van der Waals surface area (Å²) in [6.07, 6.45) is -2.02. The third kappa shape index (κ3) is 2.91. The SMILES string of the molecule is COC(=O)CC1=C(C(OC)OC)[C@@H](O)CC1=O. The summed E-state index contributed by atoms with van der Waals surface area (Å²) in [7, 11) is 4.03. The van der Waals surface area contributed by atoms with Crippen molar-refractivity contribution in [3.8, 4) is 0 Å². The standard InChI is InChI=1S/C11H16O6/c1-15-9(14)4-6-7(12)5-8(13)10(6)11(16-2)17-3/h8,11,13H,4-5H2,1-3H3/t8-/m0/s1. The second kappa shape index (κ2) is 5.90. The highest BCUT2D eigenvalue weighted by Gasteiger charge is 2.36. The zero-order valence-corrected chi connectivity index (χ0v) is 10.1. The lowest BCUT2D eigenvalue weighted by Crippen LogP contribution is -2.24. The van der Waals surface area contributed by atoms with Crippen LogP contribution >= 0.6 is 0 Å². The molecule has 0 radical (unpaired) electrons. The Balaban J connectivity index is 3.04. The van der Waals surface area contributed by atoms with Crippen LogP contribution in [0, 0.1) is 0 Å². The number of hydrogen-bond acceptors (Lipinski definition) is 6. The van der Waals surface area contributed by atoms with Gasteiger partial charge in [-0.3, -0.25) is 9.59 Å². The highest BCUT2D eigenvalue weighted by molar-refractivity contribution is 6.03. The molecular formula is C11H16O6. The number of ether oxygens (including phenoxy) is 3. The van der Waals surface area contributed by atoms with E-state index in [9.17, 15) is 14.7 Å². The molecule has 0 unspecified atom stereocenters. The molecule has 6 nitrogen and oxygen atoms in total. The van der Waals surface area contributed by atoms with Crippen molar-refractivity contribution in [1.29, 1.82) is 0 Å². The molecule has 0 fully saturated rings.